The second-order valence-electron chi connectivity index (χ2n) is 4.02. The Labute approximate surface area is 99.8 Å². The number of aliphatic hydroxyl groups is 1. The standard InChI is InChI=1S/C13H15NO3/c15-8-2-5-10-3-1-4-11-9-14(13(16)17)7-6-12(10)11/h1-5,15H,6-9H2,(H,16,17)/b5-2+. The van der Waals surface area contributed by atoms with E-state index in [1.807, 2.05) is 24.3 Å². The van der Waals surface area contributed by atoms with Gasteiger partial charge in [-0.15, -0.1) is 0 Å². The molecule has 0 aromatic heterocycles. The Bertz CT molecular complexity index is 454. The average molecular weight is 233 g/mol. The van der Waals surface area contributed by atoms with Crippen molar-refractivity contribution in [3.05, 3.63) is 41.0 Å². The maximum Gasteiger partial charge on any atom is 0.407 e. The van der Waals surface area contributed by atoms with Crippen LogP contribution in [0.1, 0.15) is 16.7 Å². The van der Waals surface area contributed by atoms with Crippen LogP contribution in [-0.2, 0) is 13.0 Å². The number of carbonyl (C=O) groups is 1. The van der Waals surface area contributed by atoms with E-state index in [9.17, 15) is 4.79 Å². The van der Waals surface area contributed by atoms with Crippen LogP contribution in [0.25, 0.3) is 6.08 Å². The summed E-state index contributed by atoms with van der Waals surface area (Å²) in [4.78, 5) is 12.3. The molecule has 4 nitrogen and oxygen atoms in total. The third kappa shape index (κ3) is 2.47. The van der Waals surface area contributed by atoms with E-state index in [1.54, 1.807) is 6.08 Å². The minimum atomic E-state index is -0.869. The van der Waals surface area contributed by atoms with Gasteiger partial charge in [0.1, 0.15) is 0 Å². The van der Waals surface area contributed by atoms with Crippen molar-refractivity contribution in [3.8, 4) is 0 Å². The zero-order chi connectivity index (χ0) is 12.3. The second-order valence-corrected chi connectivity index (χ2v) is 4.02. The topological polar surface area (TPSA) is 60.8 Å². The van der Waals surface area contributed by atoms with Crippen molar-refractivity contribution in [1.82, 2.24) is 4.90 Å². The number of fused-ring (bicyclic) bond motifs is 1. The van der Waals surface area contributed by atoms with Crippen LogP contribution < -0.4 is 0 Å². The first-order valence-corrected chi connectivity index (χ1v) is 5.58. The summed E-state index contributed by atoms with van der Waals surface area (Å²) in [6.45, 7) is 1.00. The zero-order valence-electron chi connectivity index (χ0n) is 9.47. The Morgan fingerprint density at radius 2 is 2.29 bits per heavy atom. The minimum absolute atomic E-state index is 0.0188. The average Bonchev–Trinajstić information content (AvgIpc) is 2.35. The number of aliphatic hydroxyl groups excluding tert-OH is 1. The van der Waals surface area contributed by atoms with Crippen LogP contribution in [-0.4, -0.2) is 34.4 Å². The molecule has 2 N–H and O–H groups in total. The highest BCUT2D eigenvalue weighted by Gasteiger charge is 2.20. The Morgan fingerprint density at radius 1 is 1.47 bits per heavy atom. The van der Waals surface area contributed by atoms with Gasteiger partial charge in [0, 0.05) is 13.1 Å². The van der Waals surface area contributed by atoms with Crippen molar-refractivity contribution in [1.29, 1.82) is 0 Å². The van der Waals surface area contributed by atoms with Gasteiger partial charge in [0.15, 0.2) is 0 Å². The van der Waals surface area contributed by atoms with Crippen molar-refractivity contribution in [3.63, 3.8) is 0 Å². The third-order valence-corrected chi connectivity index (χ3v) is 2.98. The summed E-state index contributed by atoms with van der Waals surface area (Å²) in [5, 5.41) is 17.7. The van der Waals surface area contributed by atoms with Gasteiger partial charge in [-0.25, -0.2) is 4.79 Å². The van der Waals surface area contributed by atoms with Gasteiger partial charge < -0.3 is 15.1 Å². The molecule has 0 spiro atoms. The van der Waals surface area contributed by atoms with Gasteiger partial charge in [-0.1, -0.05) is 30.4 Å². The lowest BCUT2D eigenvalue weighted by molar-refractivity contribution is 0.140. The molecule has 0 unspecified atom stereocenters. The van der Waals surface area contributed by atoms with Crippen LogP contribution in [0.5, 0.6) is 0 Å². The Hall–Kier alpha value is -1.81. The number of hydrogen-bond acceptors (Lipinski definition) is 2. The van der Waals surface area contributed by atoms with E-state index in [2.05, 4.69) is 0 Å². The van der Waals surface area contributed by atoms with E-state index < -0.39 is 6.09 Å². The lowest BCUT2D eigenvalue weighted by Crippen LogP contribution is -2.35. The molecule has 0 atom stereocenters. The summed E-state index contributed by atoms with van der Waals surface area (Å²) >= 11 is 0. The lowest BCUT2D eigenvalue weighted by Gasteiger charge is -2.27. The predicted octanol–water partition coefficient (Wildman–Crippen LogP) is 1.73. The fraction of sp³-hybridized carbons (Fsp3) is 0.308. The summed E-state index contributed by atoms with van der Waals surface area (Å²) in [5.74, 6) is 0. The molecule has 1 heterocycles. The van der Waals surface area contributed by atoms with Crippen molar-refractivity contribution in [2.75, 3.05) is 13.2 Å². The van der Waals surface area contributed by atoms with Gasteiger partial charge in [-0.3, -0.25) is 0 Å². The van der Waals surface area contributed by atoms with Crippen LogP contribution in [0, 0.1) is 0 Å². The Morgan fingerprint density at radius 3 is 3.00 bits per heavy atom. The molecule has 4 heteroatoms. The van der Waals surface area contributed by atoms with Crippen LogP contribution in [0.15, 0.2) is 24.3 Å². The molecule has 2 rings (SSSR count). The van der Waals surface area contributed by atoms with Gasteiger partial charge >= 0.3 is 6.09 Å². The molecule has 1 aliphatic heterocycles. The summed E-state index contributed by atoms with van der Waals surface area (Å²) in [6.07, 6.45) is 3.44. The molecule has 17 heavy (non-hydrogen) atoms. The molecule has 1 aromatic carbocycles. The Kier molecular flexibility index (Phi) is 3.44. The second kappa shape index (κ2) is 5.01. The fourth-order valence-corrected chi connectivity index (χ4v) is 2.14. The van der Waals surface area contributed by atoms with Crippen molar-refractivity contribution < 1.29 is 15.0 Å². The molecule has 0 saturated heterocycles. The normalized spacial score (nSPS) is 15.0. The highest BCUT2D eigenvalue weighted by atomic mass is 16.4. The van der Waals surface area contributed by atoms with E-state index >= 15 is 0 Å². The molecule has 0 fully saturated rings. The first kappa shape index (κ1) is 11.7. The molecule has 1 amide bonds. The van der Waals surface area contributed by atoms with Crippen molar-refractivity contribution >= 4 is 12.2 Å². The molecule has 1 aromatic rings. The number of rotatable bonds is 2. The first-order valence-electron chi connectivity index (χ1n) is 5.58. The quantitative estimate of drug-likeness (QED) is 0.817. The summed E-state index contributed by atoms with van der Waals surface area (Å²) in [6, 6.07) is 5.86. The fourth-order valence-electron chi connectivity index (χ4n) is 2.14. The van der Waals surface area contributed by atoms with Gasteiger partial charge in [0.25, 0.3) is 0 Å². The first-order chi connectivity index (χ1) is 8.22. The molecular formula is C13H15NO3. The van der Waals surface area contributed by atoms with Crippen molar-refractivity contribution in [2.24, 2.45) is 0 Å². The molecule has 0 bridgehead atoms. The SMILES string of the molecule is O=C(O)N1CCc2c(/C=C/CO)cccc2C1. The van der Waals surface area contributed by atoms with Gasteiger partial charge in [-0.05, 0) is 23.1 Å². The molecule has 90 valence electrons. The van der Waals surface area contributed by atoms with Crippen molar-refractivity contribution in [2.45, 2.75) is 13.0 Å². The van der Waals surface area contributed by atoms with Crippen LogP contribution in [0.2, 0.25) is 0 Å². The van der Waals surface area contributed by atoms with E-state index in [1.165, 1.54) is 10.5 Å². The number of benzene rings is 1. The van der Waals surface area contributed by atoms with E-state index in [0.29, 0.717) is 13.1 Å². The maximum absolute atomic E-state index is 10.9. The van der Waals surface area contributed by atoms with E-state index in [-0.39, 0.29) is 6.61 Å². The van der Waals surface area contributed by atoms with E-state index in [0.717, 1.165) is 17.5 Å². The number of hydrogen-bond donors (Lipinski definition) is 2. The van der Waals surface area contributed by atoms with Crippen LogP contribution >= 0.6 is 0 Å². The zero-order valence-corrected chi connectivity index (χ0v) is 9.47. The lowest BCUT2D eigenvalue weighted by atomic mass is 9.94. The van der Waals surface area contributed by atoms with Gasteiger partial charge in [0.2, 0.25) is 0 Å². The largest absolute Gasteiger partial charge is 0.465 e. The smallest absolute Gasteiger partial charge is 0.407 e. The number of nitrogens with zero attached hydrogens (tertiary/aromatic N) is 1. The molecule has 0 aliphatic carbocycles. The van der Waals surface area contributed by atoms with Gasteiger partial charge in [0.05, 0.1) is 6.61 Å². The molecular weight excluding hydrogens is 218 g/mol. The molecule has 0 radical (unpaired) electrons. The maximum atomic E-state index is 10.9. The number of carboxylic acid groups (broad SMARTS) is 1. The van der Waals surface area contributed by atoms with Gasteiger partial charge in [-0.2, -0.15) is 0 Å². The number of amides is 1. The molecule has 0 saturated carbocycles. The summed E-state index contributed by atoms with van der Waals surface area (Å²) in [7, 11) is 0. The highest BCUT2D eigenvalue weighted by molar-refractivity contribution is 5.66. The third-order valence-electron chi connectivity index (χ3n) is 2.98. The summed E-state index contributed by atoms with van der Waals surface area (Å²) < 4.78 is 0. The highest BCUT2D eigenvalue weighted by Crippen LogP contribution is 2.23. The van der Waals surface area contributed by atoms with Crippen LogP contribution in [0.4, 0.5) is 4.79 Å². The minimum Gasteiger partial charge on any atom is -0.465 e. The summed E-state index contributed by atoms with van der Waals surface area (Å²) in [5.41, 5.74) is 3.31. The molecule has 1 aliphatic rings. The van der Waals surface area contributed by atoms with E-state index in [4.69, 9.17) is 10.2 Å². The van der Waals surface area contributed by atoms with Crippen LogP contribution in [0.3, 0.4) is 0 Å². The predicted molar refractivity (Wildman–Crippen MR) is 64.7 cm³/mol. The Balaban J connectivity index is 2.29. The monoisotopic (exact) mass is 233 g/mol.